The second-order valence-corrected chi connectivity index (χ2v) is 9.80. The van der Waals surface area contributed by atoms with E-state index in [0.717, 1.165) is 46.6 Å². The Morgan fingerprint density at radius 1 is 1.19 bits per heavy atom. The number of carbonyl (C=O) groups excluding carboxylic acids is 1. The molecule has 0 aliphatic heterocycles. The Kier molecular flexibility index (Phi) is 5.97. The molecule has 0 unspecified atom stereocenters. The third-order valence-electron chi connectivity index (χ3n) is 5.16. The van der Waals surface area contributed by atoms with E-state index in [0.29, 0.717) is 17.2 Å². The van der Waals surface area contributed by atoms with Crippen molar-refractivity contribution in [2.45, 2.75) is 51.7 Å². The number of thiazole rings is 1. The molecule has 0 saturated carbocycles. The normalized spacial score (nSPS) is 15.3. The summed E-state index contributed by atoms with van der Waals surface area (Å²) in [5.41, 5.74) is 2.68. The first-order valence-electron chi connectivity index (χ1n) is 10.5. The molecule has 0 saturated heterocycles. The molecule has 0 spiro atoms. The van der Waals surface area contributed by atoms with Gasteiger partial charge < -0.3 is 19.9 Å². The molecule has 3 aromatic rings. The number of aromatic amines is 1. The third kappa shape index (κ3) is 5.13. The van der Waals surface area contributed by atoms with Gasteiger partial charge in [-0.3, -0.25) is 9.78 Å². The lowest BCUT2D eigenvalue weighted by Gasteiger charge is -2.19. The van der Waals surface area contributed by atoms with Gasteiger partial charge in [-0.2, -0.15) is 0 Å². The zero-order valence-electron chi connectivity index (χ0n) is 18.2. The fraction of sp³-hybridized carbons (Fsp3) is 0.333. The monoisotopic (exact) mass is 454 g/mol. The molecule has 1 atom stereocenters. The number of rotatable bonds is 5. The van der Waals surface area contributed by atoms with Gasteiger partial charge in [0.05, 0.1) is 4.88 Å². The first-order valence-corrected chi connectivity index (χ1v) is 11.3. The van der Waals surface area contributed by atoms with Gasteiger partial charge >= 0.3 is 11.0 Å². The SMILES string of the molecule is CC(C)(C)OC(=O)NCc1ccc(Oc2ccc3c(c2)CC[C@H]3c2sc(=O)[nH]c2O)cc1. The molecule has 168 valence electrons. The van der Waals surface area contributed by atoms with Crippen LogP contribution in [0.2, 0.25) is 0 Å². The maximum Gasteiger partial charge on any atom is 0.407 e. The molecule has 1 amide bonds. The van der Waals surface area contributed by atoms with Gasteiger partial charge in [0, 0.05) is 12.5 Å². The Morgan fingerprint density at radius 2 is 1.91 bits per heavy atom. The van der Waals surface area contributed by atoms with Crippen LogP contribution in [0.3, 0.4) is 0 Å². The molecule has 2 aromatic carbocycles. The molecule has 0 radical (unpaired) electrons. The van der Waals surface area contributed by atoms with E-state index < -0.39 is 11.7 Å². The first-order chi connectivity index (χ1) is 15.2. The van der Waals surface area contributed by atoms with E-state index >= 15 is 0 Å². The van der Waals surface area contributed by atoms with Gasteiger partial charge in [-0.25, -0.2) is 4.79 Å². The number of carbonyl (C=O) groups is 1. The lowest BCUT2D eigenvalue weighted by molar-refractivity contribution is 0.0523. The topological polar surface area (TPSA) is 101 Å². The smallest absolute Gasteiger partial charge is 0.407 e. The van der Waals surface area contributed by atoms with Gasteiger partial charge in [-0.05, 0) is 74.6 Å². The van der Waals surface area contributed by atoms with Crippen molar-refractivity contribution in [2.24, 2.45) is 0 Å². The molecule has 0 bridgehead atoms. The second kappa shape index (κ2) is 8.70. The van der Waals surface area contributed by atoms with Crippen LogP contribution in [0.15, 0.2) is 47.3 Å². The molecule has 7 nitrogen and oxygen atoms in total. The summed E-state index contributed by atoms with van der Waals surface area (Å²) in [5.74, 6) is 1.43. The largest absolute Gasteiger partial charge is 0.494 e. The quantitative estimate of drug-likeness (QED) is 0.502. The minimum absolute atomic E-state index is 0.0276. The summed E-state index contributed by atoms with van der Waals surface area (Å²) in [7, 11) is 0. The Balaban J connectivity index is 1.38. The van der Waals surface area contributed by atoms with E-state index in [-0.39, 0.29) is 16.7 Å². The molecular formula is C24H26N2O5S. The zero-order chi connectivity index (χ0) is 22.9. The Labute approximate surface area is 190 Å². The molecule has 1 aromatic heterocycles. The van der Waals surface area contributed by atoms with Crippen molar-refractivity contribution in [2.75, 3.05) is 0 Å². The van der Waals surface area contributed by atoms with Gasteiger partial charge in [-0.1, -0.05) is 29.5 Å². The van der Waals surface area contributed by atoms with E-state index in [9.17, 15) is 14.7 Å². The van der Waals surface area contributed by atoms with Crippen molar-refractivity contribution < 1.29 is 19.4 Å². The van der Waals surface area contributed by atoms with Gasteiger partial charge in [0.25, 0.3) is 0 Å². The van der Waals surface area contributed by atoms with E-state index in [1.807, 2.05) is 63.2 Å². The molecule has 3 N–H and O–H groups in total. The Bertz CT molecular complexity index is 1170. The Morgan fingerprint density at radius 3 is 2.56 bits per heavy atom. The van der Waals surface area contributed by atoms with Crippen LogP contribution in [0, 0.1) is 0 Å². The first kappa shape index (κ1) is 22.0. The van der Waals surface area contributed by atoms with Crippen molar-refractivity contribution in [1.29, 1.82) is 0 Å². The van der Waals surface area contributed by atoms with Crippen LogP contribution in [0.25, 0.3) is 0 Å². The number of fused-ring (bicyclic) bond motifs is 1. The van der Waals surface area contributed by atoms with Crippen molar-refractivity contribution in [3.05, 3.63) is 73.7 Å². The fourth-order valence-electron chi connectivity index (χ4n) is 3.80. The summed E-state index contributed by atoms with van der Waals surface area (Å²) >= 11 is 1.07. The molecule has 1 aliphatic carbocycles. The number of hydrogen-bond donors (Lipinski definition) is 3. The predicted molar refractivity (Wildman–Crippen MR) is 123 cm³/mol. The summed E-state index contributed by atoms with van der Waals surface area (Å²) in [6, 6.07) is 13.4. The molecule has 1 heterocycles. The van der Waals surface area contributed by atoms with Crippen molar-refractivity contribution in [3.63, 3.8) is 0 Å². The average molecular weight is 455 g/mol. The van der Waals surface area contributed by atoms with Crippen LogP contribution in [0.5, 0.6) is 17.4 Å². The number of aromatic nitrogens is 1. The van der Waals surface area contributed by atoms with Crippen LogP contribution < -0.4 is 14.9 Å². The molecule has 8 heteroatoms. The molecular weight excluding hydrogens is 428 g/mol. The lowest BCUT2D eigenvalue weighted by Crippen LogP contribution is -2.32. The highest BCUT2D eigenvalue weighted by atomic mass is 32.1. The number of hydrogen-bond acceptors (Lipinski definition) is 6. The highest BCUT2D eigenvalue weighted by Crippen LogP contribution is 2.43. The molecule has 0 fully saturated rings. The van der Waals surface area contributed by atoms with Crippen molar-refractivity contribution >= 4 is 17.4 Å². The van der Waals surface area contributed by atoms with Crippen molar-refractivity contribution in [3.8, 4) is 17.4 Å². The van der Waals surface area contributed by atoms with Crippen LogP contribution in [0.1, 0.15) is 54.7 Å². The summed E-state index contributed by atoms with van der Waals surface area (Å²) in [6.45, 7) is 5.84. The van der Waals surface area contributed by atoms with Gasteiger partial charge in [0.15, 0.2) is 0 Å². The number of ether oxygens (including phenoxy) is 2. The summed E-state index contributed by atoms with van der Waals surface area (Å²) in [4.78, 5) is 26.2. The second-order valence-electron chi connectivity index (χ2n) is 8.78. The molecule has 32 heavy (non-hydrogen) atoms. The Hall–Kier alpha value is -3.26. The van der Waals surface area contributed by atoms with Gasteiger partial charge in [0.1, 0.15) is 17.1 Å². The lowest BCUT2D eigenvalue weighted by atomic mass is 10.00. The maximum atomic E-state index is 11.8. The van der Waals surface area contributed by atoms with E-state index in [2.05, 4.69) is 10.3 Å². The zero-order valence-corrected chi connectivity index (χ0v) is 19.0. The number of benzene rings is 2. The summed E-state index contributed by atoms with van der Waals surface area (Å²) in [6.07, 6.45) is 1.26. The number of nitrogens with one attached hydrogen (secondary N) is 2. The number of aromatic hydroxyl groups is 1. The molecule has 1 aliphatic rings. The van der Waals surface area contributed by atoms with Crippen LogP contribution >= 0.6 is 11.3 Å². The maximum absolute atomic E-state index is 11.8. The standard InChI is InChI=1S/C24H26N2O5S/c1-24(2,3)31-22(28)25-13-14-4-7-16(8-5-14)30-17-9-11-18-15(12-17)6-10-19(18)20-21(27)26-23(29)32-20/h4-5,7-9,11-12,19,27H,6,10,13H2,1-3H3,(H,25,28)(H,26,29)/t19-/m1/s1. The van der Waals surface area contributed by atoms with Crippen molar-refractivity contribution in [1.82, 2.24) is 10.3 Å². The number of alkyl carbamates (subject to hydrolysis) is 1. The van der Waals surface area contributed by atoms with Gasteiger partial charge in [-0.15, -0.1) is 0 Å². The third-order valence-corrected chi connectivity index (χ3v) is 6.15. The predicted octanol–water partition coefficient (Wildman–Crippen LogP) is 5.04. The van der Waals surface area contributed by atoms with Crippen LogP contribution in [0.4, 0.5) is 4.79 Å². The fourth-order valence-corrected chi connectivity index (χ4v) is 4.68. The minimum Gasteiger partial charge on any atom is -0.494 e. The minimum atomic E-state index is -0.529. The number of H-pyrrole nitrogens is 1. The summed E-state index contributed by atoms with van der Waals surface area (Å²) in [5, 5.41) is 12.7. The highest BCUT2D eigenvalue weighted by molar-refractivity contribution is 7.09. The van der Waals surface area contributed by atoms with Gasteiger partial charge in [0.2, 0.25) is 5.88 Å². The van der Waals surface area contributed by atoms with E-state index in [1.54, 1.807) is 0 Å². The van der Waals surface area contributed by atoms with E-state index in [4.69, 9.17) is 9.47 Å². The average Bonchev–Trinajstić information content (AvgIpc) is 3.27. The van der Waals surface area contributed by atoms with E-state index in [1.165, 1.54) is 0 Å². The number of aryl methyl sites for hydroxylation is 1. The number of amides is 1. The van der Waals surface area contributed by atoms with Crippen LogP contribution in [-0.4, -0.2) is 21.8 Å². The highest BCUT2D eigenvalue weighted by Gasteiger charge is 2.28. The summed E-state index contributed by atoms with van der Waals surface area (Å²) < 4.78 is 11.2. The molecule has 4 rings (SSSR count). The van der Waals surface area contributed by atoms with Crippen LogP contribution in [-0.2, 0) is 17.7 Å².